The van der Waals surface area contributed by atoms with E-state index in [9.17, 15) is 9.59 Å². The molecular weight excluding hydrogens is 392 g/mol. The summed E-state index contributed by atoms with van der Waals surface area (Å²) in [5.74, 6) is -0.0510. The normalized spacial score (nSPS) is 15.1. The summed E-state index contributed by atoms with van der Waals surface area (Å²) < 4.78 is 1.28. The molecule has 0 radical (unpaired) electrons. The third kappa shape index (κ3) is 4.40. The van der Waals surface area contributed by atoms with Gasteiger partial charge < -0.3 is 4.90 Å². The highest BCUT2D eigenvalue weighted by molar-refractivity contribution is 7.15. The molecule has 0 atom stereocenters. The fourth-order valence-corrected chi connectivity index (χ4v) is 4.85. The van der Waals surface area contributed by atoms with Crippen molar-refractivity contribution in [2.75, 3.05) is 26.2 Å². The first-order valence-corrected chi connectivity index (χ1v) is 11.0. The molecule has 1 amide bonds. The molecule has 0 aliphatic carbocycles. The number of thiophene rings is 2. The zero-order chi connectivity index (χ0) is 19.5. The molecule has 1 aliphatic rings. The maximum atomic E-state index is 12.7. The minimum atomic E-state index is -0.248. The summed E-state index contributed by atoms with van der Waals surface area (Å²) >= 11 is 3.39. The lowest BCUT2D eigenvalue weighted by atomic mass is 10.3. The van der Waals surface area contributed by atoms with Gasteiger partial charge in [0.15, 0.2) is 0 Å². The smallest absolute Gasteiger partial charge is 0.267 e. The first-order chi connectivity index (χ1) is 13.6. The summed E-state index contributed by atoms with van der Waals surface area (Å²) in [5.41, 5.74) is 0.480. The van der Waals surface area contributed by atoms with Crippen molar-refractivity contribution in [3.63, 3.8) is 0 Å². The Labute approximate surface area is 171 Å². The van der Waals surface area contributed by atoms with E-state index in [1.807, 2.05) is 24.0 Å². The Kier molecular flexibility index (Phi) is 5.70. The molecule has 3 aromatic rings. The highest BCUT2D eigenvalue weighted by atomic mass is 32.1. The highest BCUT2D eigenvalue weighted by Crippen LogP contribution is 2.25. The van der Waals surface area contributed by atoms with Gasteiger partial charge in [0.1, 0.15) is 12.2 Å². The fraction of sp³-hybridized carbons (Fsp3) is 0.350. The number of aromatic nitrogens is 2. The van der Waals surface area contributed by atoms with E-state index in [2.05, 4.69) is 27.5 Å². The maximum Gasteiger partial charge on any atom is 0.267 e. The summed E-state index contributed by atoms with van der Waals surface area (Å²) in [7, 11) is 0. The van der Waals surface area contributed by atoms with Gasteiger partial charge in [0.2, 0.25) is 5.91 Å². The molecule has 0 aromatic carbocycles. The number of piperazine rings is 1. The molecule has 0 saturated carbocycles. The number of rotatable bonds is 5. The number of hydrogen-bond acceptors (Lipinski definition) is 6. The van der Waals surface area contributed by atoms with Gasteiger partial charge in [0.05, 0.1) is 4.88 Å². The monoisotopic (exact) mass is 414 g/mol. The van der Waals surface area contributed by atoms with Gasteiger partial charge in [-0.1, -0.05) is 6.07 Å². The van der Waals surface area contributed by atoms with Gasteiger partial charge in [-0.2, -0.15) is 5.10 Å². The van der Waals surface area contributed by atoms with Gasteiger partial charge in [0.25, 0.3) is 5.56 Å². The largest absolute Gasteiger partial charge is 0.339 e. The topological polar surface area (TPSA) is 58.4 Å². The van der Waals surface area contributed by atoms with Crippen LogP contribution in [0.4, 0.5) is 0 Å². The first kappa shape index (κ1) is 19.0. The molecule has 4 rings (SSSR count). The van der Waals surface area contributed by atoms with E-state index in [0.717, 1.165) is 30.2 Å². The van der Waals surface area contributed by atoms with Crippen LogP contribution in [0, 0.1) is 6.92 Å². The predicted octanol–water partition coefficient (Wildman–Crippen LogP) is 2.69. The van der Waals surface area contributed by atoms with Gasteiger partial charge in [-0.15, -0.1) is 22.7 Å². The van der Waals surface area contributed by atoms with E-state index in [1.165, 1.54) is 20.5 Å². The van der Waals surface area contributed by atoms with Crippen LogP contribution in [0.1, 0.15) is 9.75 Å². The standard InChI is InChI=1S/C20H22N4O2S2/c1-15-4-6-18(28-15)17-5-7-19(25)24(21-17)14-20(26)23-10-8-22(9-11-23)13-16-3-2-12-27-16/h2-7,12H,8-11,13-14H2,1H3. The van der Waals surface area contributed by atoms with Gasteiger partial charge in [0, 0.05) is 48.5 Å². The molecule has 3 aromatic heterocycles. The maximum absolute atomic E-state index is 12.7. The van der Waals surface area contributed by atoms with Crippen molar-refractivity contribution in [3.8, 4) is 10.6 Å². The second-order valence-corrected chi connectivity index (χ2v) is 9.18. The van der Waals surface area contributed by atoms with Crippen LogP contribution in [0.15, 0.2) is 46.6 Å². The molecule has 6 nitrogen and oxygen atoms in total. The number of nitrogens with zero attached hydrogens (tertiary/aromatic N) is 4. The van der Waals surface area contributed by atoms with E-state index in [-0.39, 0.29) is 18.0 Å². The average Bonchev–Trinajstić information content (AvgIpc) is 3.36. The Balaban J connectivity index is 1.38. The number of aryl methyl sites for hydroxylation is 1. The van der Waals surface area contributed by atoms with Gasteiger partial charge in [-0.25, -0.2) is 4.68 Å². The van der Waals surface area contributed by atoms with Crippen LogP contribution in [0.5, 0.6) is 0 Å². The molecule has 28 heavy (non-hydrogen) atoms. The minimum Gasteiger partial charge on any atom is -0.339 e. The third-order valence-corrected chi connectivity index (χ3v) is 6.71. The molecule has 146 valence electrons. The van der Waals surface area contributed by atoms with E-state index in [4.69, 9.17) is 0 Å². The zero-order valence-corrected chi connectivity index (χ0v) is 17.3. The summed E-state index contributed by atoms with van der Waals surface area (Å²) in [4.78, 5) is 32.6. The predicted molar refractivity (Wildman–Crippen MR) is 113 cm³/mol. The molecular formula is C20H22N4O2S2. The average molecular weight is 415 g/mol. The summed E-state index contributed by atoms with van der Waals surface area (Å²) in [5, 5.41) is 6.50. The van der Waals surface area contributed by atoms with E-state index in [0.29, 0.717) is 13.1 Å². The van der Waals surface area contributed by atoms with Crippen molar-refractivity contribution in [2.24, 2.45) is 0 Å². The quantitative estimate of drug-likeness (QED) is 0.644. The summed E-state index contributed by atoms with van der Waals surface area (Å²) in [6, 6.07) is 11.4. The van der Waals surface area contributed by atoms with Crippen molar-refractivity contribution in [3.05, 3.63) is 61.9 Å². The highest BCUT2D eigenvalue weighted by Gasteiger charge is 2.22. The van der Waals surface area contributed by atoms with Crippen LogP contribution >= 0.6 is 22.7 Å². The van der Waals surface area contributed by atoms with Crippen molar-refractivity contribution in [1.29, 1.82) is 0 Å². The van der Waals surface area contributed by atoms with Crippen LogP contribution in [0.2, 0.25) is 0 Å². The number of carbonyl (C=O) groups is 1. The van der Waals surface area contributed by atoms with Crippen molar-refractivity contribution in [1.82, 2.24) is 19.6 Å². The molecule has 1 saturated heterocycles. The molecule has 0 bridgehead atoms. The number of hydrogen-bond donors (Lipinski definition) is 0. The summed E-state index contributed by atoms with van der Waals surface area (Å²) in [6.07, 6.45) is 0. The molecule has 0 N–H and O–H groups in total. The van der Waals surface area contributed by atoms with Crippen molar-refractivity contribution in [2.45, 2.75) is 20.0 Å². The Morgan fingerprint density at radius 3 is 2.61 bits per heavy atom. The summed E-state index contributed by atoms with van der Waals surface area (Å²) in [6.45, 7) is 6.02. The fourth-order valence-electron chi connectivity index (χ4n) is 3.27. The van der Waals surface area contributed by atoms with Crippen LogP contribution in [-0.4, -0.2) is 51.7 Å². The zero-order valence-electron chi connectivity index (χ0n) is 15.7. The molecule has 4 heterocycles. The van der Waals surface area contributed by atoms with E-state index >= 15 is 0 Å². The lowest BCUT2D eigenvalue weighted by Gasteiger charge is -2.34. The van der Waals surface area contributed by atoms with E-state index in [1.54, 1.807) is 28.7 Å². The third-order valence-electron chi connectivity index (χ3n) is 4.83. The Hall–Kier alpha value is -2.29. The number of amides is 1. The van der Waals surface area contributed by atoms with Crippen molar-refractivity contribution < 1.29 is 4.79 Å². The SMILES string of the molecule is Cc1ccc(-c2ccc(=O)n(CC(=O)N3CCN(Cc4cccs4)CC3)n2)s1. The molecule has 1 fully saturated rings. The Morgan fingerprint density at radius 2 is 1.93 bits per heavy atom. The minimum absolute atomic E-state index is 0.0119. The molecule has 8 heteroatoms. The lowest BCUT2D eigenvalue weighted by Crippen LogP contribution is -2.49. The first-order valence-electron chi connectivity index (χ1n) is 9.26. The number of carbonyl (C=O) groups excluding carboxylic acids is 1. The molecule has 0 unspecified atom stereocenters. The second-order valence-electron chi connectivity index (χ2n) is 6.86. The van der Waals surface area contributed by atoms with Crippen LogP contribution in [0.25, 0.3) is 10.6 Å². The van der Waals surface area contributed by atoms with Crippen LogP contribution in [0.3, 0.4) is 0 Å². The van der Waals surface area contributed by atoms with Crippen LogP contribution in [-0.2, 0) is 17.9 Å². The van der Waals surface area contributed by atoms with E-state index < -0.39 is 0 Å². The van der Waals surface area contributed by atoms with Crippen LogP contribution < -0.4 is 5.56 Å². The second kappa shape index (κ2) is 8.38. The molecule has 1 aliphatic heterocycles. The van der Waals surface area contributed by atoms with Gasteiger partial charge >= 0.3 is 0 Å². The lowest BCUT2D eigenvalue weighted by molar-refractivity contribution is -0.133. The van der Waals surface area contributed by atoms with Gasteiger partial charge in [-0.3, -0.25) is 14.5 Å². The van der Waals surface area contributed by atoms with Crippen molar-refractivity contribution >= 4 is 28.6 Å². The Bertz CT molecular complexity index is 1000. The Morgan fingerprint density at radius 1 is 1.11 bits per heavy atom. The molecule has 0 spiro atoms. The van der Waals surface area contributed by atoms with Gasteiger partial charge in [-0.05, 0) is 36.6 Å².